The van der Waals surface area contributed by atoms with Gasteiger partial charge >= 0.3 is 6.18 Å². The third kappa shape index (κ3) is 4.21. The van der Waals surface area contributed by atoms with Crippen LogP contribution < -0.4 is 16.0 Å². The van der Waals surface area contributed by atoms with E-state index in [9.17, 15) is 13.2 Å². The van der Waals surface area contributed by atoms with E-state index in [0.717, 1.165) is 34.8 Å². The maximum Gasteiger partial charge on any atom is 0.421 e. The summed E-state index contributed by atoms with van der Waals surface area (Å²) in [6.07, 6.45) is 1.14. The molecule has 3 aromatic heterocycles. The minimum atomic E-state index is -4.58. The molecule has 1 saturated heterocycles. The second-order valence-electron chi connectivity index (χ2n) is 7.90. The predicted molar refractivity (Wildman–Crippen MR) is 116 cm³/mol. The molecule has 4 aromatic rings. The minimum Gasteiger partial charge on any atom is -0.350 e. The van der Waals surface area contributed by atoms with Crippen molar-refractivity contribution in [3.63, 3.8) is 0 Å². The van der Waals surface area contributed by atoms with Gasteiger partial charge in [0.05, 0.1) is 11.9 Å². The van der Waals surface area contributed by atoms with Crippen molar-refractivity contribution in [3.05, 3.63) is 60.0 Å². The Bertz CT molecular complexity index is 1240. The molecule has 1 aromatic carbocycles. The molecule has 9 nitrogen and oxygen atoms in total. The van der Waals surface area contributed by atoms with Gasteiger partial charge in [0.25, 0.3) is 0 Å². The number of anilines is 2. The van der Waals surface area contributed by atoms with Gasteiger partial charge in [0.2, 0.25) is 11.9 Å². The fourth-order valence-corrected chi connectivity index (χ4v) is 3.89. The molecule has 1 aliphatic rings. The number of alkyl halides is 3. The molecule has 0 radical (unpaired) electrons. The number of fused-ring (bicyclic) bond motifs is 1. The number of nitrogens with zero attached hydrogens (tertiary/aromatic N) is 7. The molecule has 3 N–H and O–H groups in total. The van der Waals surface area contributed by atoms with Crippen LogP contribution in [-0.4, -0.2) is 48.5 Å². The van der Waals surface area contributed by atoms with Gasteiger partial charge in [0.1, 0.15) is 5.56 Å². The standard InChI is InChI=1S/C21H22F3N9/c22-21(23,24)16-13-28-33-18(16)29-20(31-10-6-15(25)7-11-31)30-19(33)26-12-14-4-1-2-5-17(14)32-9-3-8-27-32/h1-5,8-9,13,15H,6-7,10-12,25H2,(H,26,29,30). The normalized spacial score (nSPS) is 15.3. The van der Waals surface area contributed by atoms with E-state index in [1.165, 1.54) is 0 Å². The Hall–Kier alpha value is -3.67. The van der Waals surface area contributed by atoms with E-state index in [4.69, 9.17) is 5.73 Å². The van der Waals surface area contributed by atoms with Gasteiger partial charge in [-0.25, -0.2) is 4.68 Å². The molecule has 4 heterocycles. The summed E-state index contributed by atoms with van der Waals surface area (Å²) in [6, 6.07) is 9.50. The summed E-state index contributed by atoms with van der Waals surface area (Å²) >= 11 is 0. The Morgan fingerprint density at radius 3 is 2.58 bits per heavy atom. The van der Waals surface area contributed by atoms with Gasteiger partial charge in [0, 0.05) is 38.1 Å². The fraction of sp³-hybridized carbons (Fsp3) is 0.333. The molecule has 0 unspecified atom stereocenters. The van der Waals surface area contributed by atoms with E-state index in [0.29, 0.717) is 19.6 Å². The summed E-state index contributed by atoms with van der Waals surface area (Å²) in [5, 5.41) is 11.3. The van der Waals surface area contributed by atoms with Gasteiger partial charge in [-0.2, -0.15) is 37.9 Å². The van der Waals surface area contributed by atoms with Crippen molar-refractivity contribution in [2.75, 3.05) is 23.3 Å². The highest BCUT2D eigenvalue weighted by Crippen LogP contribution is 2.33. The first-order chi connectivity index (χ1) is 15.9. The van der Waals surface area contributed by atoms with Gasteiger partial charge in [-0.15, -0.1) is 0 Å². The lowest BCUT2D eigenvalue weighted by Crippen LogP contribution is -2.40. The van der Waals surface area contributed by atoms with Crippen LogP contribution in [-0.2, 0) is 12.7 Å². The van der Waals surface area contributed by atoms with Gasteiger partial charge in [-0.3, -0.25) is 0 Å². The number of rotatable bonds is 5. The molecule has 33 heavy (non-hydrogen) atoms. The molecule has 0 amide bonds. The van der Waals surface area contributed by atoms with Crippen LogP contribution in [0.3, 0.4) is 0 Å². The quantitative estimate of drug-likeness (QED) is 0.475. The largest absolute Gasteiger partial charge is 0.421 e. The molecule has 0 aliphatic carbocycles. The zero-order valence-corrected chi connectivity index (χ0v) is 17.6. The first kappa shape index (κ1) is 21.2. The van der Waals surface area contributed by atoms with Crippen LogP contribution in [0.4, 0.5) is 25.1 Å². The molecule has 5 rings (SSSR count). The maximum absolute atomic E-state index is 13.6. The summed E-state index contributed by atoms with van der Waals surface area (Å²) in [6.45, 7) is 1.45. The average molecular weight is 457 g/mol. The van der Waals surface area contributed by atoms with Crippen molar-refractivity contribution in [3.8, 4) is 5.69 Å². The monoisotopic (exact) mass is 457 g/mol. The van der Waals surface area contributed by atoms with Crippen LogP contribution >= 0.6 is 0 Å². The lowest BCUT2D eigenvalue weighted by Gasteiger charge is -2.30. The third-order valence-electron chi connectivity index (χ3n) is 5.66. The van der Waals surface area contributed by atoms with E-state index in [2.05, 4.69) is 25.5 Å². The number of nitrogens with two attached hydrogens (primary N) is 1. The van der Waals surface area contributed by atoms with Crippen LogP contribution in [0.5, 0.6) is 0 Å². The maximum atomic E-state index is 13.6. The summed E-state index contributed by atoms with van der Waals surface area (Å²) in [5.74, 6) is 0.402. The molecular formula is C21H22F3N9. The van der Waals surface area contributed by atoms with E-state index >= 15 is 0 Å². The van der Waals surface area contributed by atoms with Crippen LogP contribution in [0.25, 0.3) is 11.3 Å². The number of para-hydroxylation sites is 1. The number of benzene rings is 1. The highest BCUT2D eigenvalue weighted by molar-refractivity contribution is 5.56. The van der Waals surface area contributed by atoms with E-state index in [-0.39, 0.29) is 23.6 Å². The topological polar surface area (TPSA) is 102 Å². The summed E-state index contributed by atoms with van der Waals surface area (Å²) < 4.78 is 43.6. The van der Waals surface area contributed by atoms with Gasteiger partial charge in [0.15, 0.2) is 5.65 Å². The molecule has 0 saturated carbocycles. The lowest BCUT2D eigenvalue weighted by molar-refractivity contribution is -0.136. The summed E-state index contributed by atoms with van der Waals surface area (Å²) in [7, 11) is 0. The minimum absolute atomic E-state index is 0.0714. The zero-order valence-electron chi connectivity index (χ0n) is 17.6. The number of hydrogen-bond acceptors (Lipinski definition) is 7. The molecule has 1 fully saturated rings. The highest BCUT2D eigenvalue weighted by atomic mass is 19.4. The van der Waals surface area contributed by atoms with Crippen molar-refractivity contribution in [2.45, 2.75) is 31.6 Å². The second kappa shape index (κ2) is 8.35. The second-order valence-corrected chi connectivity index (χ2v) is 7.90. The molecule has 12 heteroatoms. The zero-order chi connectivity index (χ0) is 23.0. The first-order valence-corrected chi connectivity index (χ1v) is 10.6. The van der Waals surface area contributed by atoms with Crippen LogP contribution in [0.15, 0.2) is 48.9 Å². The van der Waals surface area contributed by atoms with Gasteiger partial charge in [-0.1, -0.05) is 18.2 Å². The molecule has 0 spiro atoms. The van der Waals surface area contributed by atoms with Crippen molar-refractivity contribution < 1.29 is 13.2 Å². The smallest absolute Gasteiger partial charge is 0.350 e. The van der Waals surface area contributed by atoms with Gasteiger partial charge in [-0.05, 0) is 30.5 Å². The highest BCUT2D eigenvalue weighted by Gasteiger charge is 2.36. The summed E-state index contributed by atoms with van der Waals surface area (Å²) in [5.41, 5.74) is 6.53. The molecule has 0 atom stereocenters. The van der Waals surface area contributed by atoms with Gasteiger partial charge < -0.3 is 16.0 Å². The Balaban J connectivity index is 1.52. The Kier molecular flexibility index (Phi) is 5.36. The SMILES string of the molecule is NC1CCN(c2nc(NCc3ccccc3-n3cccn3)n3ncc(C(F)(F)F)c3n2)CC1. The van der Waals surface area contributed by atoms with E-state index in [1.807, 2.05) is 41.4 Å². The Morgan fingerprint density at radius 2 is 1.85 bits per heavy atom. The van der Waals surface area contributed by atoms with E-state index in [1.54, 1.807) is 10.9 Å². The number of halogens is 3. The van der Waals surface area contributed by atoms with E-state index < -0.39 is 11.7 Å². The molecule has 172 valence electrons. The first-order valence-electron chi connectivity index (χ1n) is 10.6. The van der Waals surface area contributed by atoms with Crippen molar-refractivity contribution >= 4 is 17.5 Å². The molecular weight excluding hydrogens is 435 g/mol. The number of nitrogens with one attached hydrogen (secondary N) is 1. The van der Waals surface area contributed by atoms with Crippen molar-refractivity contribution in [1.82, 2.24) is 29.4 Å². The molecule has 0 bridgehead atoms. The van der Waals surface area contributed by atoms with Crippen LogP contribution in [0.2, 0.25) is 0 Å². The summed E-state index contributed by atoms with van der Waals surface area (Å²) in [4.78, 5) is 10.6. The van der Waals surface area contributed by atoms with Crippen molar-refractivity contribution in [1.29, 1.82) is 0 Å². The Morgan fingerprint density at radius 1 is 1.06 bits per heavy atom. The third-order valence-corrected chi connectivity index (χ3v) is 5.66. The lowest BCUT2D eigenvalue weighted by atomic mass is 10.1. The van der Waals surface area contributed by atoms with Crippen LogP contribution in [0, 0.1) is 0 Å². The number of hydrogen-bond donors (Lipinski definition) is 2. The number of piperidine rings is 1. The number of aromatic nitrogens is 6. The van der Waals surface area contributed by atoms with Crippen LogP contribution in [0.1, 0.15) is 24.0 Å². The fourth-order valence-electron chi connectivity index (χ4n) is 3.89. The Labute approximate surface area is 187 Å². The predicted octanol–water partition coefficient (Wildman–Crippen LogP) is 2.87. The van der Waals surface area contributed by atoms with Crippen molar-refractivity contribution in [2.24, 2.45) is 5.73 Å². The molecule has 1 aliphatic heterocycles. The average Bonchev–Trinajstić information content (AvgIpc) is 3.48.